The van der Waals surface area contributed by atoms with Crippen LogP contribution in [0.3, 0.4) is 0 Å². The first-order chi connectivity index (χ1) is 11.6. The minimum atomic E-state index is 0.131. The number of para-hydroxylation sites is 1. The molecule has 0 unspecified atom stereocenters. The van der Waals surface area contributed by atoms with Crippen molar-refractivity contribution in [2.45, 2.75) is 13.8 Å². The molecule has 0 saturated carbocycles. The molecule has 0 spiro atoms. The summed E-state index contributed by atoms with van der Waals surface area (Å²) in [5.41, 5.74) is 5.38. The van der Waals surface area contributed by atoms with Gasteiger partial charge >= 0.3 is 0 Å². The topological polar surface area (TPSA) is 39.3 Å². The number of aromatic nitrogens is 1. The third-order valence-corrected chi connectivity index (χ3v) is 5.68. The summed E-state index contributed by atoms with van der Waals surface area (Å²) in [6.45, 7) is 7.47. The highest BCUT2D eigenvalue weighted by Crippen LogP contribution is 2.26. The summed E-state index contributed by atoms with van der Waals surface area (Å²) in [5.74, 6) is 0.131. The number of piperazine rings is 1. The maximum atomic E-state index is 13.0. The standard InChI is InChI=1S/C19H21N3OS/c1-13-14(2)20-18-16(13)4-3-5-17(18)19(23)22-9-7-21(8-10-22)15-6-11-24-12-15/h3-6,11-12,20H,7-10H2,1-2H3. The average Bonchev–Trinajstić information content (AvgIpc) is 3.24. The van der Waals surface area contributed by atoms with E-state index < -0.39 is 0 Å². The lowest BCUT2D eigenvalue weighted by atomic mass is 10.1. The number of benzene rings is 1. The van der Waals surface area contributed by atoms with E-state index in [0.717, 1.165) is 48.3 Å². The van der Waals surface area contributed by atoms with Gasteiger partial charge in [-0.2, -0.15) is 11.3 Å². The number of aromatic amines is 1. The molecule has 1 amide bonds. The largest absolute Gasteiger partial charge is 0.367 e. The highest BCUT2D eigenvalue weighted by atomic mass is 32.1. The van der Waals surface area contributed by atoms with Gasteiger partial charge in [-0.1, -0.05) is 12.1 Å². The number of anilines is 1. The van der Waals surface area contributed by atoms with E-state index >= 15 is 0 Å². The monoisotopic (exact) mass is 339 g/mol. The molecule has 3 heterocycles. The van der Waals surface area contributed by atoms with E-state index in [1.54, 1.807) is 11.3 Å². The van der Waals surface area contributed by atoms with Crippen LogP contribution in [0.5, 0.6) is 0 Å². The SMILES string of the molecule is Cc1[nH]c2c(C(=O)N3CCN(c4ccsc4)CC3)cccc2c1C. The van der Waals surface area contributed by atoms with Gasteiger partial charge in [0.15, 0.2) is 0 Å². The predicted molar refractivity (Wildman–Crippen MR) is 100 cm³/mol. The Morgan fingerprint density at radius 2 is 1.92 bits per heavy atom. The molecule has 1 saturated heterocycles. The van der Waals surface area contributed by atoms with Crippen molar-refractivity contribution >= 4 is 33.8 Å². The Morgan fingerprint density at radius 1 is 1.12 bits per heavy atom. The van der Waals surface area contributed by atoms with Gasteiger partial charge in [0.1, 0.15) is 0 Å². The summed E-state index contributed by atoms with van der Waals surface area (Å²) >= 11 is 1.72. The van der Waals surface area contributed by atoms with Crippen molar-refractivity contribution in [2.24, 2.45) is 0 Å². The van der Waals surface area contributed by atoms with E-state index in [-0.39, 0.29) is 5.91 Å². The van der Waals surface area contributed by atoms with Crippen molar-refractivity contribution in [3.63, 3.8) is 0 Å². The van der Waals surface area contributed by atoms with Crippen LogP contribution in [0.15, 0.2) is 35.0 Å². The Balaban J connectivity index is 1.56. The zero-order valence-electron chi connectivity index (χ0n) is 14.0. The molecule has 1 aliphatic heterocycles. The third kappa shape index (κ3) is 2.49. The fourth-order valence-corrected chi connectivity index (χ4v) is 4.10. The molecule has 1 N–H and O–H groups in total. The van der Waals surface area contributed by atoms with Crippen LogP contribution < -0.4 is 4.90 Å². The number of H-pyrrole nitrogens is 1. The number of rotatable bonds is 2. The van der Waals surface area contributed by atoms with Gasteiger partial charge in [-0.05, 0) is 36.9 Å². The molecule has 0 bridgehead atoms. The molecule has 0 aliphatic carbocycles. The fraction of sp³-hybridized carbons (Fsp3) is 0.316. The number of aryl methyl sites for hydroxylation is 2. The van der Waals surface area contributed by atoms with Crippen LogP contribution >= 0.6 is 11.3 Å². The summed E-state index contributed by atoms with van der Waals surface area (Å²) in [4.78, 5) is 20.7. The molecular weight excluding hydrogens is 318 g/mol. The number of hydrogen-bond acceptors (Lipinski definition) is 3. The van der Waals surface area contributed by atoms with Gasteiger partial charge < -0.3 is 14.8 Å². The number of nitrogens with zero attached hydrogens (tertiary/aromatic N) is 2. The number of nitrogens with one attached hydrogen (secondary N) is 1. The number of carbonyl (C=O) groups excluding carboxylic acids is 1. The smallest absolute Gasteiger partial charge is 0.256 e. The van der Waals surface area contributed by atoms with E-state index in [4.69, 9.17) is 0 Å². The van der Waals surface area contributed by atoms with Crippen molar-refractivity contribution < 1.29 is 4.79 Å². The first-order valence-electron chi connectivity index (χ1n) is 8.29. The highest BCUT2D eigenvalue weighted by molar-refractivity contribution is 7.08. The lowest BCUT2D eigenvalue weighted by Gasteiger charge is -2.35. The summed E-state index contributed by atoms with van der Waals surface area (Å²) < 4.78 is 0. The minimum absolute atomic E-state index is 0.131. The maximum Gasteiger partial charge on any atom is 0.256 e. The van der Waals surface area contributed by atoms with Gasteiger partial charge in [-0.25, -0.2) is 0 Å². The van der Waals surface area contributed by atoms with Crippen LogP contribution in [-0.4, -0.2) is 42.0 Å². The van der Waals surface area contributed by atoms with Crippen molar-refractivity contribution in [2.75, 3.05) is 31.1 Å². The number of carbonyl (C=O) groups is 1. The fourth-order valence-electron chi connectivity index (χ4n) is 3.44. The Bertz CT molecular complexity index is 874. The summed E-state index contributed by atoms with van der Waals surface area (Å²) in [6, 6.07) is 8.15. The molecule has 1 aliphatic rings. The molecule has 0 atom stereocenters. The molecule has 2 aromatic heterocycles. The molecule has 5 heteroatoms. The van der Waals surface area contributed by atoms with Crippen LogP contribution in [0.1, 0.15) is 21.6 Å². The first kappa shape index (κ1) is 15.3. The molecule has 124 valence electrons. The second-order valence-corrected chi connectivity index (χ2v) is 7.14. The average molecular weight is 339 g/mol. The van der Waals surface area contributed by atoms with Gasteiger partial charge in [0.05, 0.1) is 11.1 Å². The third-order valence-electron chi connectivity index (χ3n) is 5.01. The molecule has 1 aromatic carbocycles. The quantitative estimate of drug-likeness (QED) is 0.771. The molecular formula is C19H21N3OS. The zero-order valence-corrected chi connectivity index (χ0v) is 14.8. The molecule has 3 aromatic rings. The van der Waals surface area contributed by atoms with Crippen molar-refractivity contribution in [3.05, 3.63) is 51.8 Å². The summed E-state index contributed by atoms with van der Waals surface area (Å²) in [7, 11) is 0. The lowest BCUT2D eigenvalue weighted by Crippen LogP contribution is -2.48. The summed E-state index contributed by atoms with van der Waals surface area (Å²) in [6.07, 6.45) is 0. The Labute approximate surface area is 145 Å². The van der Waals surface area contributed by atoms with Gasteiger partial charge in [0.2, 0.25) is 0 Å². The van der Waals surface area contributed by atoms with Crippen molar-refractivity contribution in [3.8, 4) is 0 Å². The molecule has 4 rings (SSSR count). The van der Waals surface area contributed by atoms with Crippen LogP contribution in [0.2, 0.25) is 0 Å². The predicted octanol–water partition coefficient (Wildman–Crippen LogP) is 3.81. The van der Waals surface area contributed by atoms with Crippen molar-refractivity contribution in [1.29, 1.82) is 0 Å². The molecule has 24 heavy (non-hydrogen) atoms. The van der Waals surface area contributed by atoms with Gasteiger partial charge in [-0.15, -0.1) is 0 Å². The van der Waals surface area contributed by atoms with Crippen molar-refractivity contribution in [1.82, 2.24) is 9.88 Å². The number of hydrogen-bond donors (Lipinski definition) is 1. The van der Waals surface area contributed by atoms with Gasteiger partial charge in [0, 0.05) is 48.3 Å². The Hall–Kier alpha value is -2.27. The molecule has 0 radical (unpaired) electrons. The molecule has 1 fully saturated rings. The minimum Gasteiger partial charge on any atom is -0.367 e. The lowest BCUT2D eigenvalue weighted by molar-refractivity contribution is 0.0748. The zero-order chi connectivity index (χ0) is 16.7. The van der Waals surface area contributed by atoms with Gasteiger partial charge in [0.25, 0.3) is 5.91 Å². The van der Waals surface area contributed by atoms with E-state index in [1.165, 1.54) is 11.3 Å². The van der Waals surface area contributed by atoms with E-state index in [2.05, 4.69) is 46.6 Å². The summed E-state index contributed by atoms with van der Waals surface area (Å²) in [5, 5.41) is 5.42. The van der Waals surface area contributed by atoms with E-state index in [1.807, 2.05) is 17.0 Å². The Kier molecular flexibility index (Phi) is 3.81. The number of thiophene rings is 1. The maximum absolute atomic E-state index is 13.0. The van der Waals surface area contributed by atoms with Gasteiger partial charge in [-0.3, -0.25) is 4.79 Å². The van der Waals surface area contributed by atoms with Crippen LogP contribution in [0.4, 0.5) is 5.69 Å². The second-order valence-electron chi connectivity index (χ2n) is 6.36. The van der Waals surface area contributed by atoms with Crippen LogP contribution in [0.25, 0.3) is 10.9 Å². The van der Waals surface area contributed by atoms with E-state index in [0.29, 0.717) is 0 Å². The first-order valence-corrected chi connectivity index (χ1v) is 9.24. The second kappa shape index (κ2) is 5.98. The normalized spacial score (nSPS) is 15.2. The number of fused-ring (bicyclic) bond motifs is 1. The Morgan fingerprint density at radius 3 is 2.62 bits per heavy atom. The van der Waals surface area contributed by atoms with E-state index in [9.17, 15) is 4.79 Å². The number of amides is 1. The molecule has 4 nitrogen and oxygen atoms in total. The highest BCUT2D eigenvalue weighted by Gasteiger charge is 2.24. The van der Waals surface area contributed by atoms with Crippen LogP contribution in [-0.2, 0) is 0 Å². The van der Waals surface area contributed by atoms with Crippen LogP contribution in [0, 0.1) is 13.8 Å².